The summed E-state index contributed by atoms with van der Waals surface area (Å²) in [5.74, 6) is 0.804. The molecular weight excluding hydrogens is 210 g/mol. The molecule has 0 aliphatic heterocycles. The summed E-state index contributed by atoms with van der Waals surface area (Å²) in [6.45, 7) is 7.87. The van der Waals surface area contributed by atoms with Crippen molar-refractivity contribution in [2.24, 2.45) is 10.2 Å². The zero-order chi connectivity index (χ0) is 12.3. The normalized spacial score (nSPS) is 10.9. The van der Waals surface area contributed by atoms with Gasteiger partial charge in [0.15, 0.2) is 5.82 Å². The minimum Gasteiger partial charge on any atom is -0.305 e. The summed E-state index contributed by atoms with van der Waals surface area (Å²) in [4.78, 5) is 0. The maximum Gasteiger partial charge on any atom is 0.159 e. The van der Waals surface area contributed by atoms with Gasteiger partial charge < -0.3 is 4.57 Å². The highest BCUT2D eigenvalue weighted by molar-refractivity contribution is 5.47. The maximum absolute atomic E-state index is 4.25. The number of aromatic nitrogens is 1. The topological polar surface area (TPSA) is 29.6 Å². The van der Waals surface area contributed by atoms with E-state index in [4.69, 9.17) is 0 Å². The van der Waals surface area contributed by atoms with Crippen LogP contribution in [0.25, 0.3) is 6.20 Å². The molecule has 3 heteroatoms. The van der Waals surface area contributed by atoms with Crippen LogP contribution in [0, 0.1) is 13.8 Å². The second kappa shape index (κ2) is 4.78. The van der Waals surface area contributed by atoms with Crippen LogP contribution in [0.3, 0.4) is 0 Å². The van der Waals surface area contributed by atoms with Gasteiger partial charge in [-0.2, -0.15) is 0 Å². The zero-order valence-electron chi connectivity index (χ0n) is 10.1. The summed E-state index contributed by atoms with van der Waals surface area (Å²) in [6, 6.07) is 11.7. The van der Waals surface area contributed by atoms with Crippen LogP contribution in [0.4, 0.5) is 11.5 Å². The lowest BCUT2D eigenvalue weighted by Crippen LogP contribution is -1.87. The molecule has 86 valence electrons. The van der Waals surface area contributed by atoms with Gasteiger partial charge in [0.1, 0.15) is 0 Å². The lowest BCUT2D eigenvalue weighted by molar-refractivity contribution is 1.04. The Labute approximate surface area is 101 Å². The zero-order valence-corrected chi connectivity index (χ0v) is 10.1. The van der Waals surface area contributed by atoms with E-state index in [1.807, 2.05) is 47.9 Å². The van der Waals surface area contributed by atoms with Crippen LogP contribution in [0.5, 0.6) is 0 Å². The van der Waals surface area contributed by atoms with Crippen molar-refractivity contribution >= 4 is 17.7 Å². The van der Waals surface area contributed by atoms with Gasteiger partial charge >= 0.3 is 0 Å². The number of benzene rings is 1. The van der Waals surface area contributed by atoms with Gasteiger partial charge in [-0.1, -0.05) is 24.8 Å². The summed E-state index contributed by atoms with van der Waals surface area (Å²) in [7, 11) is 0. The molecule has 17 heavy (non-hydrogen) atoms. The van der Waals surface area contributed by atoms with Crippen molar-refractivity contribution in [1.29, 1.82) is 0 Å². The lowest BCUT2D eigenvalue weighted by atomic mass is 10.3. The lowest BCUT2D eigenvalue weighted by Gasteiger charge is -2.00. The Morgan fingerprint density at radius 2 is 1.82 bits per heavy atom. The van der Waals surface area contributed by atoms with E-state index >= 15 is 0 Å². The number of rotatable bonds is 3. The molecule has 0 radical (unpaired) electrons. The fraction of sp³-hybridized carbons (Fsp3) is 0.143. The molecule has 0 fully saturated rings. The third-order valence-electron chi connectivity index (χ3n) is 2.73. The summed E-state index contributed by atoms with van der Waals surface area (Å²) < 4.78 is 1.93. The van der Waals surface area contributed by atoms with Crippen molar-refractivity contribution < 1.29 is 0 Å². The average molecular weight is 225 g/mol. The second-order valence-electron chi connectivity index (χ2n) is 3.86. The number of hydrogen-bond donors (Lipinski definition) is 0. The van der Waals surface area contributed by atoms with E-state index in [0.29, 0.717) is 0 Å². The van der Waals surface area contributed by atoms with Crippen LogP contribution in [-0.4, -0.2) is 4.57 Å². The molecule has 2 rings (SSSR count). The fourth-order valence-corrected chi connectivity index (χ4v) is 1.64. The van der Waals surface area contributed by atoms with E-state index in [9.17, 15) is 0 Å². The van der Waals surface area contributed by atoms with Gasteiger partial charge in [0, 0.05) is 11.9 Å². The predicted octanol–water partition coefficient (Wildman–Crippen LogP) is 4.62. The summed E-state index contributed by atoms with van der Waals surface area (Å²) in [5, 5.41) is 8.44. The van der Waals surface area contributed by atoms with Crippen molar-refractivity contribution in [2.75, 3.05) is 0 Å². The molecule has 0 bridgehead atoms. The number of azo groups is 1. The molecule has 0 spiro atoms. The third-order valence-corrected chi connectivity index (χ3v) is 2.73. The molecule has 0 saturated heterocycles. The standard InChI is InChI=1S/C14H15N3/c1-4-17-12(3)11(2)10-14(17)16-15-13-8-6-5-7-9-13/h4-10H,1H2,2-3H3. The minimum absolute atomic E-state index is 0.804. The Morgan fingerprint density at radius 3 is 2.47 bits per heavy atom. The van der Waals surface area contributed by atoms with Crippen LogP contribution < -0.4 is 0 Å². The van der Waals surface area contributed by atoms with Gasteiger partial charge in [-0.05, 0) is 37.6 Å². The van der Waals surface area contributed by atoms with E-state index in [1.165, 1.54) is 5.56 Å². The highest BCUT2D eigenvalue weighted by atomic mass is 15.2. The van der Waals surface area contributed by atoms with Crippen LogP contribution in [0.15, 0.2) is 53.2 Å². The Kier molecular flexibility index (Phi) is 3.19. The maximum atomic E-state index is 4.25. The van der Waals surface area contributed by atoms with Crippen LogP contribution >= 0.6 is 0 Å². The van der Waals surface area contributed by atoms with E-state index in [1.54, 1.807) is 6.20 Å². The van der Waals surface area contributed by atoms with Gasteiger partial charge in [0.2, 0.25) is 0 Å². The molecule has 3 nitrogen and oxygen atoms in total. The van der Waals surface area contributed by atoms with E-state index in [0.717, 1.165) is 17.2 Å². The predicted molar refractivity (Wildman–Crippen MR) is 70.9 cm³/mol. The van der Waals surface area contributed by atoms with Crippen molar-refractivity contribution in [2.45, 2.75) is 13.8 Å². The van der Waals surface area contributed by atoms with Crippen LogP contribution in [0.2, 0.25) is 0 Å². The smallest absolute Gasteiger partial charge is 0.159 e. The second-order valence-corrected chi connectivity index (χ2v) is 3.86. The van der Waals surface area contributed by atoms with E-state index in [-0.39, 0.29) is 0 Å². The molecule has 0 N–H and O–H groups in total. The highest BCUT2D eigenvalue weighted by Gasteiger charge is 2.05. The van der Waals surface area contributed by atoms with Crippen molar-refractivity contribution in [3.63, 3.8) is 0 Å². The Morgan fingerprint density at radius 1 is 1.12 bits per heavy atom. The molecule has 1 aromatic heterocycles. The fourth-order valence-electron chi connectivity index (χ4n) is 1.64. The van der Waals surface area contributed by atoms with Gasteiger partial charge in [-0.25, -0.2) is 0 Å². The van der Waals surface area contributed by atoms with E-state index < -0.39 is 0 Å². The minimum atomic E-state index is 0.804. The molecule has 0 aliphatic rings. The molecule has 0 aliphatic carbocycles. The Balaban J connectivity index is 2.34. The first-order valence-corrected chi connectivity index (χ1v) is 5.50. The molecule has 0 atom stereocenters. The average Bonchev–Trinajstić information content (AvgIpc) is 2.63. The van der Waals surface area contributed by atoms with Crippen LogP contribution in [-0.2, 0) is 0 Å². The van der Waals surface area contributed by atoms with Gasteiger partial charge in [-0.3, -0.25) is 0 Å². The first-order valence-electron chi connectivity index (χ1n) is 5.50. The molecule has 0 amide bonds. The summed E-state index contributed by atoms with van der Waals surface area (Å²) in [6.07, 6.45) is 1.75. The molecule has 1 heterocycles. The van der Waals surface area contributed by atoms with Crippen LogP contribution in [0.1, 0.15) is 11.3 Å². The Bertz CT molecular complexity index is 550. The van der Waals surface area contributed by atoms with Gasteiger partial charge in [-0.15, -0.1) is 10.2 Å². The Hall–Kier alpha value is -2.16. The van der Waals surface area contributed by atoms with Crippen molar-refractivity contribution in [1.82, 2.24) is 4.57 Å². The van der Waals surface area contributed by atoms with Gasteiger partial charge in [0.05, 0.1) is 5.69 Å². The first-order chi connectivity index (χ1) is 8.22. The molecular formula is C14H15N3. The van der Waals surface area contributed by atoms with Gasteiger partial charge in [0.25, 0.3) is 0 Å². The van der Waals surface area contributed by atoms with E-state index in [2.05, 4.69) is 23.7 Å². The summed E-state index contributed by atoms with van der Waals surface area (Å²) >= 11 is 0. The molecule has 0 unspecified atom stereocenters. The number of aryl methyl sites for hydroxylation is 1. The monoisotopic (exact) mass is 225 g/mol. The first kappa shape index (κ1) is 11.3. The summed E-state index contributed by atoms with van der Waals surface area (Å²) in [5.41, 5.74) is 3.17. The largest absolute Gasteiger partial charge is 0.305 e. The molecule has 2 aromatic rings. The van der Waals surface area contributed by atoms with Crippen molar-refractivity contribution in [3.05, 3.63) is 54.2 Å². The number of hydrogen-bond acceptors (Lipinski definition) is 2. The molecule has 1 aromatic carbocycles. The third kappa shape index (κ3) is 2.33. The van der Waals surface area contributed by atoms with Crippen molar-refractivity contribution in [3.8, 4) is 0 Å². The number of nitrogens with zero attached hydrogens (tertiary/aromatic N) is 3. The molecule has 0 saturated carbocycles. The quantitative estimate of drug-likeness (QED) is 0.682. The SMILES string of the molecule is C=Cn1c(N=Nc2ccccc2)cc(C)c1C. The highest BCUT2D eigenvalue weighted by Crippen LogP contribution is 2.24.